The van der Waals surface area contributed by atoms with Crippen LogP contribution in [0.25, 0.3) is 0 Å². The minimum absolute atomic E-state index is 0.161. The van der Waals surface area contributed by atoms with Gasteiger partial charge in [-0.3, -0.25) is 4.79 Å². The Morgan fingerprint density at radius 1 is 1.55 bits per heavy atom. The van der Waals surface area contributed by atoms with E-state index in [9.17, 15) is 14.7 Å². The molecule has 1 saturated heterocycles. The largest absolute Gasteiger partial charge is 0.467 e. The summed E-state index contributed by atoms with van der Waals surface area (Å²) in [6.45, 7) is 2.00. The molecule has 1 aromatic rings. The van der Waals surface area contributed by atoms with Crippen LogP contribution < -0.4 is 0 Å². The molecule has 0 spiro atoms. The summed E-state index contributed by atoms with van der Waals surface area (Å²) in [6.07, 6.45) is -0.460. The number of aliphatic hydroxyl groups is 1. The molecular formula is C11H15N3O4S2. The topological polar surface area (TPSA) is 92.6 Å². The van der Waals surface area contributed by atoms with Crippen molar-refractivity contribution in [3.63, 3.8) is 0 Å². The lowest BCUT2D eigenvalue weighted by molar-refractivity contribution is -0.150. The summed E-state index contributed by atoms with van der Waals surface area (Å²) in [5, 5.41) is 18.2. The highest BCUT2D eigenvalue weighted by atomic mass is 32.2. The van der Waals surface area contributed by atoms with Gasteiger partial charge >= 0.3 is 5.97 Å². The number of carbonyl (C=O) groups is 2. The molecule has 110 valence electrons. The van der Waals surface area contributed by atoms with Gasteiger partial charge in [-0.2, -0.15) is 0 Å². The van der Waals surface area contributed by atoms with Crippen molar-refractivity contribution in [2.75, 3.05) is 19.4 Å². The van der Waals surface area contributed by atoms with Crippen molar-refractivity contribution < 1.29 is 19.4 Å². The molecule has 1 N–H and O–H groups in total. The summed E-state index contributed by atoms with van der Waals surface area (Å²) in [7, 11) is 1.27. The quantitative estimate of drug-likeness (QED) is 0.620. The lowest BCUT2D eigenvalue weighted by atomic mass is 10.2. The van der Waals surface area contributed by atoms with Gasteiger partial charge in [-0.25, -0.2) is 4.79 Å². The van der Waals surface area contributed by atoms with Gasteiger partial charge in [0.25, 0.3) is 0 Å². The average molecular weight is 317 g/mol. The lowest BCUT2D eigenvalue weighted by Crippen LogP contribution is -2.42. The maximum Gasteiger partial charge on any atom is 0.328 e. The molecule has 2 atom stereocenters. The molecule has 7 nitrogen and oxygen atoms in total. The molecule has 0 bridgehead atoms. The highest BCUT2D eigenvalue weighted by molar-refractivity contribution is 8.01. The summed E-state index contributed by atoms with van der Waals surface area (Å²) in [4.78, 5) is 25.1. The number of amides is 1. The molecule has 1 aliphatic heterocycles. The Labute approximate surface area is 124 Å². The normalized spacial score (nSPS) is 22.1. The van der Waals surface area contributed by atoms with Crippen LogP contribution >= 0.6 is 23.1 Å². The first kappa shape index (κ1) is 15.2. The van der Waals surface area contributed by atoms with Gasteiger partial charge in [0.1, 0.15) is 11.0 Å². The summed E-state index contributed by atoms with van der Waals surface area (Å²) >= 11 is 2.69. The van der Waals surface area contributed by atoms with Crippen LogP contribution in [0, 0.1) is 6.92 Å². The summed E-state index contributed by atoms with van der Waals surface area (Å²) < 4.78 is 5.37. The molecule has 0 aliphatic carbocycles. The third kappa shape index (κ3) is 3.47. The van der Waals surface area contributed by atoms with Crippen LogP contribution in [-0.2, 0) is 14.3 Å². The first-order chi connectivity index (χ1) is 9.51. The second-order valence-electron chi connectivity index (χ2n) is 4.35. The van der Waals surface area contributed by atoms with Crippen LogP contribution in [-0.4, -0.2) is 63.6 Å². The number of aromatic nitrogens is 2. The van der Waals surface area contributed by atoms with Crippen molar-refractivity contribution in [2.24, 2.45) is 0 Å². The van der Waals surface area contributed by atoms with Crippen LogP contribution in [0.15, 0.2) is 4.34 Å². The predicted octanol–water partition coefficient (Wildman–Crippen LogP) is 0.0734. The van der Waals surface area contributed by atoms with Crippen LogP contribution in [0.5, 0.6) is 0 Å². The van der Waals surface area contributed by atoms with E-state index in [4.69, 9.17) is 0 Å². The fourth-order valence-corrected chi connectivity index (χ4v) is 3.69. The first-order valence-electron chi connectivity index (χ1n) is 5.99. The maximum absolute atomic E-state index is 12.1. The second kappa shape index (κ2) is 6.51. The number of β-amino-alcohol motifs (C(OH)–C–C–N with tert-alkyl or cyclic N) is 1. The van der Waals surface area contributed by atoms with Gasteiger partial charge in [-0.05, 0) is 6.92 Å². The monoisotopic (exact) mass is 317 g/mol. The molecule has 2 rings (SSSR count). The van der Waals surface area contributed by atoms with Crippen LogP contribution in [0.3, 0.4) is 0 Å². The number of methoxy groups -OCH3 is 1. The predicted molar refractivity (Wildman–Crippen MR) is 73.5 cm³/mol. The highest BCUT2D eigenvalue weighted by Crippen LogP contribution is 2.25. The molecule has 0 unspecified atom stereocenters. The number of aryl methyl sites for hydroxylation is 1. The molecule has 1 amide bonds. The van der Waals surface area contributed by atoms with Crippen molar-refractivity contribution in [3.05, 3.63) is 5.01 Å². The minimum Gasteiger partial charge on any atom is -0.467 e. The number of carbonyl (C=O) groups excluding carboxylic acids is 2. The maximum atomic E-state index is 12.1. The van der Waals surface area contributed by atoms with E-state index in [1.54, 1.807) is 0 Å². The van der Waals surface area contributed by atoms with Gasteiger partial charge in [-0.1, -0.05) is 23.1 Å². The number of esters is 1. The van der Waals surface area contributed by atoms with Gasteiger partial charge in [0.2, 0.25) is 5.91 Å². The summed E-state index contributed by atoms with van der Waals surface area (Å²) in [5.41, 5.74) is 0. The molecule has 9 heteroatoms. The van der Waals surface area contributed by atoms with Gasteiger partial charge in [0.05, 0.1) is 19.0 Å². The zero-order valence-corrected chi connectivity index (χ0v) is 12.7. The third-order valence-corrected chi connectivity index (χ3v) is 4.86. The van der Waals surface area contributed by atoms with Gasteiger partial charge < -0.3 is 14.7 Å². The van der Waals surface area contributed by atoms with E-state index in [2.05, 4.69) is 14.9 Å². The molecule has 0 saturated carbocycles. The van der Waals surface area contributed by atoms with E-state index in [1.165, 1.54) is 35.1 Å². The number of rotatable bonds is 4. The van der Waals surface area contributed by atoms with Crippen LogP contribution in [0.1, 0.15) is 11.4 Å². The zero-order valence-electron chi connectivity index (χ0n) is 11.1. The Kier molecular flexibility index (Phi) is 4.95. The van der Waals surface area contributed by atoms with Crippen molar-refractivity contribution in [2.45, 2.75) is 29.8 Å². The van der Waals surface area contributed by atoms with Gasteiger partial charge in [-0.15, -0.1) is 10.2 Å². The zero-order chi connectivity index (χ0) is 14.7. The number of aliphatic hydroxyl groups excluding tert-OH is 1. The van der Waals surface area contributed by atoms with Crippen LogP contribution in [0.4, 0.5) is 0 Å². The van der Waals surface area contributed by atoms with E-state index in [0.717, 1.165) is 5.01 Å². The van der Waals surface area contributed by atoms with E-state index in [-0.39, 0.29) is 24.6 Å². The summed E-state index contributed by atoms with van der Waals surface area (Å²) in [5.74, 6) is -0.545. The molecular weight excluding hydrogens is 302 g/mol. The van der Waals surface area contributed by atoms with Gasteiger partial charge in [0.15, 0.2) is 4.34 Å². The second-order valence-corrected chi connectivity index (χ2v) is 6.75. The highest BCUT2D eigenvalue weighted by Gasteiger charge is 2.39. The molecule has 2 heterocycles. The van der Waals surface area contributed by atoms with Crippen LogP contribution in [0.2, 0.25) is 0 Å². The molecule has 1 fully saturated rings. The van der Waals surface area contributed by atoms with E-state index in [0.29, 0.717) is 4.34 Å². The molecule has 0 radical (unpaired) electrons. The molecule has 1 aromatic heterocycles. The van der Waals surface area contributed by atoms with Crippen molar-refractivity contribution >= 4 is 35.0 Å². The molecule has 20 heavy (non-hydrogen) atoms. The number of nitrogens with zero attached hydrogens (tertiary/aromatic N) is 3. The molecule has 1 aliphatic rings. The SMILES string of the molecule is COC(=O)[C@H]1C[C@H](O)CN1C(=O)CSc1nnc(C)s1. The van der Waals surface area contributed by atoms with E-state index < -0.39 is 18.1 Å². The summed E-state index contributed by atoms with van der Waals surface area (Å²) in [6, 6.07) is -0.695. The van der Waals surface area contributed by atoms with Gasteiger partial charge in [0, 0.05) is 13.0 Å². The standard InChI is InChI=1S/C11H15N3O4S2/c1-6-12-13-11(20-6)19-5-9(16)14-4-7(15)3-8(14)10(17)18-2/h7-8,15H,3-5H2,1-2H3/t7-,8+/m0/s1. The van der Waals surface area contributed by atoms with Crippen molar-refractivity contribution in [1.29, 1.82) is 0 Å². The van der Waals surface area contributed by atoms with E-state index in [1.807, 2.05) is 6.92 Å². The fraction of sp³-hybridized carbons (Fsp3) is 0.636. The number of hydrogen-bond acceptors (Lipinski definition) is 8. The Balaban J connectivity index is 1.95. The Hall–Kier alpha value is -1.19. The Morgan fingerprint density at radius 2 is 2.30 bits per heavy atom. The Morgan fingerprint density at radius 3 is 2.90 bits per heavy atom. The lowest BCUT2D eigenvalue weighted by Gasteiger charge is -2.21. The number of thioether (sulfide) groups is 1. The Bertz CT molecular complexity index is 508. The van der Waals surface area contributed by atoms with Crippen molar-refractivity contribution in [3.8, 4) is 0 Å². The first-order valence-corrected chi connectivity index (χ1v) is 7.79. The number of likely N-dealkylation sites (tertiary alicyclic amines) is 1. The van der Waals surface area contributed by atoms with Crippen molar-refractivity contribution in [1.82, 2.24) is 15.1 Å². The third-order valence-electron chi connectivity index (χ3n) is 2.90. The average Bonchev–Trinajstić information content (AvgIpc) is 3.01. The van der Waals surface area contributed by atoms with E-state index >= 15 is 0 Å². The number of ether oxygens (including phenoxy) is 1. The smallest absolute Gasteiger partial charge is 0.328 e. The minimum atomic E-state index is -0.695. The number of hydrogen-bond donors (Lipinski definition) is 1. The molecule has 0 aromatic carbocycles. The fourth-order valence-electron chi connectivity index (χ4n) is 1.99.